The monoisotopic (exact) mass is 451 g/mol. The van der Waals surface area contributed by atoms with Crippen molar-refractivity contribution in [2.45, 2.75) is 6.54 Å². The smallest absolute Gasteiger partial charge is 0.132 e. The van der Waals surface area contributed by atoms with Crippen molar-refractivity contribution in [3.05, 3.63) is 95.1 Å². The predicted molar refractivity (Wildman–Crippen MR) is 130 cm³/mol. The molecule has 0 unspecified atom stereocenters. The third-order valence-corrected chi connectivity index (χ3v) is 6.57. The molecular formula is C26H18BrN3. The Hall–Kier alpha value is -3.37. The molecule has 0 saturated carbocycles. The van der Waals surface area contributed by atoms with Crippen LogP contribution >= 0.6 is 16.1 Å². The van der Waals surface area contributed by atoms with Crippen molar-refractivity contribution in [2.75, 3.05) is 3.93 Å². The summed E-state index contributed by atoms with van der Waals surface area (Å²) in [5.74, 6) is 0.524. The zero-order valence-corrected chi connectivity index (χ0v) is 17.7. The molecule has 1 aliphatic heterocycles. The Morgan fingerprint density at radius 3 is 2.57 bits per heavy atom. The van der Waals surface area contributed by atoms with Crippen LogP contribution in [0.4, 0.5) is 11.4 Å². The van der Waals surface area contributed by atoms with Gasteiger partial charge in [0.2, 0.25) is 0 Å². The summed E-state index contributed by atoms with van der Waals surface area (Å²) in [6, 6.07) is 25.2. The van der Waals surface area contributed by atoms with Gasteiger partial charge in [0.1, 0.15) is 5.84 Å². The van der Waals surface area contributed by atoms with Crippen LogP contribution in [0.25, 0.3) is 34.1 Å². The second kappa shape index (κ2) is 6.57. The first-order valence-electron chi connectivity index (χ1n) is 9.94. The van der Waals surface area contributed by atoms with Crippen molar-refractivity contribution >= 4 is 56.3 Å². The van der Waals surface area contributed by atoms with E-state index in [1.807, 2.05) is 6.07 Å². The number of nitrogens with zero attached hydrogens (tertiary/aromatic N) is 2. The van der Waals surface area contributed by atoms with E-state index in [2.05, 4.69) is 99.0 Å². The van der Waals surface area contributed by atoms with Crippen LogP contribution in [0.3, 0.4) is 0 Å². The van der Waals surface area contributed by atoms with Crippen LogP contribution < -0.4 is 9.66 Å². The lowest BCUT2D eigenvalue weighted by molar-refractivity contribution is 1.05. The molecule has 1 aliphatic carbocycles. The van der Waals surface area contributed by atoms with Gasteiger partial charge >= 0.3 is 0 Å². The molecule has 0 spiro atoms. The molecule has 0 saturated heterocycles. The van der Waals surface area contributed by atoms with E-state index >= 15 is 0 Å². The molecule has 0 atom stereocenters. The summed E-state index contributed by atoms with van der Waals surface area (Å²) in [7, 11) is 0. The van der Waals surface area contributed by atoms with Crippen LogP contribution in [0.5, 0.6) is 0 Å². The second-order valence-corrected chi connectivity index (χ2v) is 8.51. The molecule has 0 amide bonds. The van der Waals surface area contributed by atoms with Gasteiger partial charge in [0.25, 0.3) is 0 Å². The third-order valence-electron chi connectivity index (χ3n) is 5.94. The van der Waals surface area contributed by atoms with Crippen LogP contribution in [0.1, 0.15) is 22.3 Å². The third kappa shape index (κ3) is 2.54. The summed E-state index contributed by atoms with van der Waals surface area (Å²) >= 11 is 3.71. The van der Waals surface area contributed by atoms with Crippen LogP contribution in [-0.4, -0.2) is 5.84 Å². The van der Waals surface area contributed by atoms with Gasteiger partial charge in [-0.3, -0.25) is 0 Å². The molecule has 0 radical (unpaired) electrons. The Morgan fingerprint density at radius 1 is 0.867 bits per heavy atom. The highest BCUT2D eigenvalue weighted by Crippen LogP contribution is 2.43. The number of aliphatic imine (C=N–C) groups is 1. The van der Waals surface area contributed by atoms with E-state index in [0.717, 1.165) is 34.4 Å². The number of anilines is 1. The van der Waals surface area contributed by atoms with Crippen LogP contribution in [0.2, 0.25) is 0 Å². The van der Waals surface area contributed by atoms with E-state index in [-0.39, 0.29) is 0 Å². The molecule has 0 bridgehead atoms. The molecule has 144 valence electrons. The summed E-state index contributed by atoms with van der Waals surface area (Å²) in [5, 5.41) is 2.38. The Bertz CT molecular complexity index is 1390. The van der Waals surface area contributed by atoms with Gasteiger partial charge in [0.15, 0.2) is 0 Å². The van der Waals surface area contributed by atoms with E-state index in [4.69, 9.17) is 10.7 Å². The maximum Gasteiger partial charge on any atom is 0.132 e. The van der Waals surface area contributed by atoms with E-state index in [1.165, 1.54) is 27.6 Å². The van der Waals surface area contributed by atoms with Gasteiger partial charge in [-0.1, -0.05) is 72.8 Å². The first-order valence-corrected chi connectivity index (χ1v) is 10.6. The van der Waals surface area contributed by atoms with Crippen molar-refractivity contribution in [3.63, 3.8) is 0 Å². The number of hydrogen-bond acceptors (Lipinski definition) is 2. The van der Waals surface area contributed by atoms with Crippen LogP contribution in [0, 0.1) is 0 Å². The molecule has 2 aliphatic rings. The summed E-state index contributed by atoms with van der Waals surface area (Å²) in [6.07, 6.45) is 4.31. The number of rotatable bonds is 2. The fourth-order valence-corrected chi connectivity index (χ4v) is 5.13. The van der Waals surface area contributed by atoms with Crippen molar-refractivity contribution in [1.82, 2.24) is 0 Å². The lowest BCUT2D eigenvalue weighted by atomic mass is 9.90. The second-order valence-electron chi connectivity index (χ2n) is 7.65. The van der Waals surface area contributed by atoms with E-state index in [9.17, 15) is 0 Å². The van der Waals surface area contributed by atoms with Gasteiger partial charge in [-0.05, 0) is 39.8 Å². The number of fused-ring (bicyclic) bond motifs is 3. The maximum absolute atomic E-state index is 6.64. The lowest BCUT2D eigenvalue weighted by Crippen LogP contribution is -2.20. The minimum absolute atomic E-state index is 0.524. The highest BCUT2D eigenvalue weighted by atomic mass is 79.9. The minimum atomic E-state index is 0.524. The van der Waals surface area contributed by atoms with Crippen LogP contribution in [-0.2, 0) is 6.54 Å². The van der Waals surface area contributed by atoms with Crippen LogP contribution in [0.15, 0.2) is 77.8 Å². The van der Waals surface area contributed by atoms with Gasteiger partial charge in [-0.15, -0.1) is 0 Å². The predicted octanol–water partition coefficient (Wildman–Crippen LogP) is 6.66. The van der Waals surface area contributed by atoms with Crippen molar-refractivity contribution in [1.29, 1.82) is 0 Å². The summed E-state index contributed by atoms with van der Waals surface area (Å²) < 4.78 is 2.09. The van der Waals surface area contributed by atoms with Crippen molar-refractivity contribution in [2.24, 2.45) is 10.7 Å². The van der Waals surface area contributed by atoms with E-state index < -0.39 is 0 Å². The summed E-state index contributed by atoms with van der Waals surface area (Å²) in [6.45, 7) is 0.811. The standard InChI is InChI=1S/C26H18BrN3/c27-30-15-18-5-1-2-7-19(18)25-21(9-4-10-23(25)30)26(28)29-22-14-13-17-12-11-16-6-3-8-20(22)24(16)17/h1-14H,15H2,(H2,28,29). The minimum Gasteiger partial charge on any atom is -0.383 e. The Balaban J connectivity index is 1.55. The Labute approximate surface area is 183 Å². The quantitative estimate of drug-likeness (QED) is 0.185. The topological polar surface area (TPSA) is 41.6 Å². The van der Waals surface area contributed by atoms with Gasteiger partial charge in [0, 0.05) is 32.7 Å². The SMILES string of the molecule is NC(=Nc1ccc2c3c(cccc13)C=C2)c1cccc2c1-c1ccccc1CN2Br. The van der Waals surface area contributed by atoms with Crippen molar-refractivity contribution in [3.8, 4) is 11.1 Å². The highest BCUT2D eigenvalue weighted by Gasteiger charge is 2.24. The molecule has 6 rings (SSSR count). The first kappa shape index (κ1) is 17.5. The molecule has 0 fully saturated rings. The van der Waals surface area contributed by atoms with E-state index in [1.54, 1.807) is 0 Å². The Kier molecular flexibility index (Phi) is 3.83. The average Bonchev–Trinajstić information content (AvgIpc) is 3.20. The highest BCUT2D eigenvalue weighted by molar-refractivity contribution is 9.10. The van der Waals surface area contributed by atoms with Gasteiger partial charge in [0.05, 0.1) is 17.9 Å². The molecule has 30 heavy (non-hydrogen) atoms. The summed E-state index contributed by atoms with van der Waals surface area (Å²) in [4.78, 5) is 4.91. The fraction of sp³-hybridized carbons (Fsp3) is 0.0385. The molecule has 2 N–H and O–H groups in total. The number of halogens is 1. The van der Waals surface area contributed by atoms with E-state index in [0.29, 0.717) is 5.84 Å². The molecule has 4 heteroatoms. The Morgan fingerprint density at radius 2 is 1.67 bits per heavy atom. The molecule has 4 aromatic carbocycles. The number of hydrogen-bond donors (Lipinski definition) is 1. The molecule has 0 aromatic heterocycles. The lowest BCUT2D eigenvalue weighted by Gasteiger charge is -2.29. The largest absolute Gasteiger partial charge is 0.383 e. The first-order chi connectivity index (χ1) is 14.7. The zero-order valence-electron chi connectivity index (χ0n) is 16.1. The molecular weight excluding hydrogens is 434 g/mol. The number of amidine groups is 1. The van der Waals surface area contributed by atoms with Gasteiger partial charge < -0.3 is 9.66 Å². The maximum atomic E-state index is 6.64. The number of benzene rings is 4. The van der Waals surface area contributed by atoms with Gasteiger partial charge in [-0.25, -0.2) is 4.99 Å². The normalized spacial score (nSPS) is 14.2. The van der Waals surface area contributed by atoms with Gasteiger partial charge in [-0.2, -0.15) is 0 Å². The number of nitrogens with two attached hydrogens (primary N) is 1. The average molecular weight is 452 g/mol. The van der Waals surface area contributed by atoms with Crippen molar-refractivity contribution < 1.29 is 0 Å². The zero-order chi connectivity index (χ0) is 20.2. The summed E-state index contributed by atoms with van der Waals surface area (Å²) in [5.41, 5.74) is 15.6. The molecule has 1 heterocycles. The fourth-order valence-electron chi connectivity index (χ4n) is 4.57. The molecule has 4 aromatic rings. The molecule has 3 nitrogen and oxygen atoms in total.